The lowest BCUT2D eigenvalue weighted by molar-refractivity contribution is 0.712. The van der Waals surface area contributed by atoms with E-state index in [9.17, 15) is 0 Å². The fourth-order valence-corrected chi connectivity index (χ4v) is 4.27. The smallest absolute Gasteiger partial charge is 0.124 e. The van der Waals surface area contributed by atoms with Crippen LogP contribution in [-0.2, 0) is 5.41 Å². The Hall–Kier alpha value is -0.710. The van der Waals surface area contributed by atoms with Gasteiger partial charge in [-0.1, -0.05) is 22.0 Å². The van der Waals surface area contributed by atoms with E-state index in [4.69, 9.17) is 10.7 Å². The maximum atomic E-state index is 5.94. The van der Waals surface area contributed by atoms with Crippen molar-refractivity contribution in [1.82, 2.24) is 4.98 Å². The van der Waals surface area contributed by atoms with Crippen molar-refractivity contribution in [3.63, 3.8) is 0 Å². The lowest BCUT2D eigenvalue weighted by Crippen LogP contribution is -2.19. The monoisotopic (exact) mass is 336 g/mol. The molecule has 0 bridgehead atoms. The summed E-state index contributed by atoms with van der Waals surface area (Å²) in [4.78, 5) is 6.17. The van der Waals surface area contributed by atoms with Crippen LogP contribution >= 0.6 is 27.3 Å². The van der Waals surface area contributed by atoms with E-state index in [0.717, 1.165) is 21.7 Å². The Morgan fingerprint density at radius 2 is 2.11 bits per heavy atom. The predicted molar refractivity (Wildman–Crippen MR) is 84.7 cm³/mol. The van der Waals surface area contributed by atoms with Crippen LogP contribution in [0.3, 0.4) is 0 Å². The second-order valence-electron chi connectivity index (χ2n) is 5.38. The molecule has 2 aromatic rings. The first kappa shape index (κ1) is 13.3. The summed E-state index contributed by atoms with van der Waals surface area (Å²) in [5.74, 6) is 0. The summed E-state index contributed by atoms with van der Waals surface area (Å²) in [6.07, 6.45) is 2.42. The standard InChI is InChI=1S/C15H17BrN2S/c1-9-3-4-11(16)7-12(9)14-18-10(2)13(19-14)15(8-17)5-6-15/h3-4,7H,5-6,8,17H2,1-2H3. The van der Waals surface area contributed by atoms with Crippen LogP contribution in [0.5, 0.6) is 0 Å². The van der Waals surface area contributed by atoms with E-state index in [1.165, 1.54) is 28.8 Å². The second kappa shape index (κ2) is 4.69. The molecule has 0 unspecified atom stereocenters. The molecule has 2 nitrogen and oxygen atoms in total. The SMILES string of the molecule is Cc1ccc(Br)cc1-c1nc(C)c(C2(CN)CC2)s1. The van der Waals surface area contributed by atoms with E-state index in [1.807, 2.05) is 11.3 Å². The summed E-state index contributed by atoms with van der Waals surface area (Å²) in [6.45, 7) is 4.99. The Balaban J connectivity index is 2.07. The summed E-state index contributed by atoms with van der Waals surface area (Å²) >= 11 is 5.36. The number of aromatic nitrogens is 1. The molecule has 1 fully saturated rings. The van der Waals surface area contributed by atoms with Gasteiger partial charge in [0.15, 0.2) is 0 Å². The normalized spacial score (nSPS) is 16.6. The van der Waals surface area contributed by atoms with Gasteiger partial charge in [0, 0.05) is 26.9 Å². The highest BCUT2D eigenvalue weighted by atomic mass is 79.9. The van der Waals surface area contributed by atoms with Gasteiger partial charge in [0.2, 0.25) is 0 Å². The van der Waals surface area contributed by atoms with Crippen LogP contribution < -0.4 is 5.73 Å². The quantitative estimate of drug-likeness (QED) is 0.913. The first-order valence-corrected chi connectivity index (χ1v) is 8.11. The maximum absolute atomic E-state index is 5.94. The molecule has 0 radical (unpaired) electrons. The highest BCUT2D eigenvalue weighted by molar-refractivity contribution is 9.10. The van der Waals surface area contributed by atoms with E-state index < -0.39 is 0 Å². The number of hydrogen-bond donors (Lipinski definition) is 1. The number of nitrogens with zero attached hydrogens (tertiary/aromatic N) is 1. The number of hydrogen-bond acceptors (Lipinski definition) is 3. The van der Waals surface area contributed by atoms with Crippen LogP contribution in [0.1, 0.15) is 29.0 Å². The highest BCUT2D eigenvalue weighted by Gasteiger charge is 2.45. The van der Waals surface area contributed by atoms with Crippen molar-refractivity contribution in [2.24, 2.45) is 5.73 Å². The molecule has 2 N–H and O–H groups in total. The maximum Gasteiger partial charge on any atom is 0.124 e. The molecule has 1 aromatic carbocycles. The van der Waals surface area contributed by atoms with Crippen molar-refractivity contribution in [2.75, 3.05) is 6.54 Å². The summed E-state index contributed by atoms with van der Waals surface area (Å²) in [5, 5.41) is 1.12. The predicted octanol–water partition coefficient (Wildman–Crippen LogP) is 4.18. The third-order valence-electron chi connectivity index (χ3n) is 3.95. The van der Waals surface area contributed by atoms with Crippen molar-refractivity contribution in [3.05, 3.63) is 38.8 Å². The second-order valence-corrected chi connectivity index (χ2v) is 7.29. The Morgan fingerprint density at radius 3 is 2.74 bits per heavy atom. The third kappa shape index (κ3) is 2.26. The molecule has 3 rings (SSSR count). The minimum absolute atomic E-state index is 0.236. The van der Waals surface area contributed by atoms with E-state index in [2.05, 4.69) is 48.0 Å². The van der Waals surface area contributed by atoms with Crippen molar-refractivity contribution < 1.29 is 0 Å². The van der Waals surface area contributed by atoms with E-state index in [-0.39, 0.29) is 5.41 Å². The molecular weight excluding hydrogens is 320 g/mol. The summed E-state index contributed by atoms with van der Waals surface area (Å²) in [7, 11) is 0. The van der Waals surface area contributed by atoms with Gasteiger partial charge in [-0.15, -0.1) is 11.3 Å². The Bertz CT molecular complexity index is 629. The molecule has 0 aliphatic heterocycles. The van der Waals surface area contributed by atoms with Crippen LogP contribution in [0.4, 0.5) is 0 Å². The van der Waals surface area contributed by atoms with Crippen LogP contribution in [0.25, 0.3) is 10.6 Å². The first-order chi connectivity index (χ1) is 9.05. The molecule has 0 saturated heterocycles. The lowest BCUT2D eigenvalue weighted by Gasteiger charge is -2.09. The van der Waals surface area contributed by atoms with Gasteiger partial charge in [-0.05, 0) is 44.4 Å². The molecule has 0 amide bonds. The van der Waals surface area contributed by atoms with E-state index in [1.54, 1.807) is 0 Å². The number of benzene rings is 1. The largest absolute Gasteiger partial charge is 0.330 e. The fourth-order valence-electron chi connectivity index (χ4n) is 2.50. The average molecular weight is 337 g/mol. The third-order valence-corrected chi connectivity index (χ3v) is 5.88. The molecule has 0 atom stereocenters. The molecule has 0 spiro atoms. The number of thiazole rings is 1. The molecule has 1 aromatic heterocycles. The van der Waals surface area contributed by atoms with Crippen LogP contribution in [-0.4, -0.2) is 11.5 Å². The topological polar surface area (TPSA) is 38.9 Å². The first-order valence-electron chi connectivity index (χ1n) is 6.50. The van der Waals surface area contributed by atoms with Gasteiger partial charge in [0.1, 0.15) is 5.01 Å². The van der Waals surface area contributed by atoms with Crippen LogP contribution in [0.2, 0.25) is 0 Å². The van der Waals surface area contributed by atoms with Gasteiger partial charge in [-0.2, -0.15) is 0 Å². The van der Waals surface area contributed by atoms with Gasteiger partial charge >= 0.3 is 0 Å². The van der Waals surface area contributed by atoms with Crippen LogP contribution in [0, 0.1) is 13.8 Å². The highest BCUT2D eigenvalue weighted by Crippen LogP contribution is 2.51. The minimum Gasteiger partial charge on any atom is -0.330 e. The Kier molecular flexibility index (Phi) is 3.28. The number of nitrogens with two attached hydrogens (primary N) is 1. The van der Waals surface area contributed by atoms with Crippen molar-refractivity contribution in [2.45, 2.75) is 32.1 Å². The van der Waals surface area contributed by atoms with E-state index >= 15 is 0 Å². The number of halogens is 1. The zero-order chi connectivity index (χ0) is 13.6. The lowest BCUT2D eigenvalue weighted by atomic mass is 10.0. The zero-order valence-corrected chi connectivity index (χ0v) is 13.6. The van der Waals surface area contributed by atoms with Crippen molar-refractivity contribution in [1.29, 1.82) is 0 Å². The number of aryl methyl sites for hydroxylation is 2. The van der Waals surface area contributed by atoms with E-state index in [0.29, 0.717) is 0 Å². The molecule has 4 heteroatoms. The Labute approximate surface area is 126 Å². The fraction of sp³-hybridized carbons (Fsp3) is 0.400. The molecule has 1 aliphatic carbocycles. The van der Waals surface area contributed by atoms with Gasteiger partial charge in [-0.3, -0.25) is 0 Å². The molecular formula is C15H17BrN2S. The van der Waals surface area contributed by atoms with Crippen molar-refractivity contribution >= 4 is 27.3 Å². The minimum atomic E-state index is 0.236. The molecule has 1 saturated carbocycles. The average Bonchev–Trinajstić information content (AvgIpc) is 3.10. The summed E-state index contributed by atoms with van der Waals surface area (Å²) in [6, 6.07) is 6.35. The van der Waals surface area contributed by atoms with Gasteiger partial charge in [0.05, 0.1) is 5.69 Å². The van der Waals surface area contributed by atoms with Crippen LogP contribution in [0.15, 0.2) is 22.7 Å². The molecule has 1 aliphatic rings. The summed E-state index contributed by atoms with van der Waals surface area (Å²) < 4.78 is 1.10. The summed E-state index contributed by atoms with van der Waals surface area (Å²) in [5.41, 5.74) is 9.82. The van der Waals surface area contributed by atoms with Gasteiger partial charge in [-0.25, -0.2) is 4.98 Å². The van der Waals surface area contributed by atoms with Crippen molar-refractivity contribution in [3.8, 4) is 10.6 Å². The zero-order valence-electron chi connectivity index (χ0n) is 11.2. The van der Waals surface area contributed by atoms with Gasteiger partial charge in [0.25, 0.3) is 0 Å². The van der Waals surface area contributed by atoms with Gasteiger partial charge < -0.3 is 5.73 Å². The Morgan fingerprint density at radius 1 is 1.37 bits per heavy atom. The molecule has 100 valence electrons. The molecule has 19 heavy (non-hydrogen) atoms. The molecule has 1 heterocycles. The number of rotatable bonds is 3.